The molecule has 0 bridgehead atoms. The van der Waals surface area contributed by atoms with Gasteiger partial charge in [0.1, 0.15) is 0 Å². The maximum absolute atomic E-state index is 9.91. The number of ether oxygens (including phenoxy) is 1. The molecule has 1 aliphatic heterocycles. The molecule has 2 heterocycles. The molecule has 1 aromatic heterocycles. The molecule has 1 aromatic rings. The molecule has 0 aromatic carbocycles. The lowest BCUT2D eigenvalue weighted by atomic mass is 10.1. The van der Waals surface area contributed by atoms with Crippen molar-refractivity contribution in [2.45, 2.75) is 31.5 Å². The molecule has 78 valence electrons. The van der Waals surface area contributed by atoms with Crippen LogP contribution in [0.5, 0.6) is 0 Å². The van der Waals surface area contributed by atoms with Crippen molar-refractivity contribution in [2.75, 3.05) is 6.61 Å². The van der Waals surface area contributed by atoms with Gasteiger partial charge in [-0.2, -0.15) is 5.10 Å². The SMILES string of the molecule is Cn1nccc1C(O)CC1CCCO1. The van der Waals surface area contributed by atoms with Gasteiger partial charge in [-0.15, -0.1) is 0 Å². The fraction of sp³-hybridized carbons (Fsp3) is 0.700. The summed E-state index contributed by atoms with van der Waals surface area (Å²) < 4.78 is 7.18. The van der Waals surface area contributed by atoms with Gasteiger partial charge < -0.3 is 9.84 Å². The maximum Gasteiger partial charge on any atom is 0.0981 e. The molecule has 2 atom stereocenters. The van der Waals surface area contributed by atoms with Crippen LogP contribution in [0.2, 0.25) is 0 Å². The third-order valence-electron chi connectivity index (χ3n) is 2.71. The van der Waals surface area contributed by atoms with E-state index >= 15 is 0 Å². The third-order valence-corrected chi connectivity index (χ3v) is 2.71. The average Bonchev–Trinajstić information content (AvgIpc) is 2.75. The van der Waals surface area contributed by atoms with E-state index in [-0.39, 0.29) is 6.10 Å². The van der Waals surface area contributed by atoms with Crippen LogP contribution in [0.15, 0.2) is 12.3 Å². The summed E-state index contributed by atoms with van der Waals surface area (Å²) in [5, 5.41) is 13.9. The fourth-order valence-corrected chi connectivity index (χ4v) is 1.91. The van der Waals surface area contributed by atoms with Crippen molar-refractivity contribution in [2.24, 2.45) is 7.05 Å². The molecule has 0 radical (unpaired) electrons. The molecule has 0 aliphatic carbocycles. The number of hydrogen-bond acceptors (Lipinski definition) is 3. The number of rotatable bonds is 3. The Morgan fingerprint density at radius 3 is 3.21 bits per heavy atom. The van der Waals surface area contributed by atoms with E-state index in [2.05, 4.69) is 5.10 Å². The summed E-state index contributed by atoms with van der Waals surface area (Å²) >= 11 is 0. The molecular weight excluding hydrogens is 180 g/mol. The summed E-state index contributed by atoms with van der Waals surface area (Å²) in [6.07, 6.45) is 4.33. The first-order valence-electron chi connectivity index (χ1n) is 5.05. The summed E-state index contributed by atoms with van der Waals surface area (Å²) in [6.45, 7) is 0.836. The van der Waals surface area contributed by atoms with Crippen LogP contribution >= 0.6 is 0 Å². The molecule has 2 unspecified atom stereocenters. The third kappa shape index (κ3) is 1.96. The lowest BCUT2D eigenvalue weighted by Gasteiger charge is -2.15. The molecule has 0 spiro atoms. The van der Waals surface area contributed by atoms with Crippen LogP contribution in [-0.4, -0.2) is 27.6 Å². The van der Waals surface area contributed by atoms with E-state index in [0.717, 1.165) is 25.1 Å². The standard InChI is InChI=1S/C10H16N2O2/c1-12-9(4-5-11-12)10(13)7-8-3-2-6-14-8/h4-5,8,10,13H,2-3,6-7H2,1H3. The monoisotopic (exact) mass is 196 g/mol. The van der Waals surface area contributed by atoms with Crippen molar-refractivity contribution in [3.63, 3.8) is 0 Å². The van der Waals surface area contributed by atoms with Gasteiger partial charge in [-0.25, -0.2) is 0 Å². The summed E-state index contributed by atoms with van der Waals surface area (Å²) in [5.41, 5.74) is 0.862. The summed E-state index contributed by atoms with van der Waals surface area (Å²) in [6, 6.07) is 1.85. The highest BCUT2D eigenvalue weighted by molar-refractivity contribution is 5.04. The number of aryl methyl sites for hydroxylation is 1. The fourth-order valence-electron chi connectivity index (χ4n) is 1.91. The van der Waals surface area contributed by atoms with Crippen LogP contribution in [-0.2, 0) is 11.8 Å². The van der Waals surface area contributed by atoms with Crippen molar-refractivity contribution in [3.8, 4) is 0 Å². The largest absolute Gasteiger partial charge is 0.387 e. The van der Waals surface area contributed by atoms with Gasteiger partial charge in [-0.05, 0) is 18.9 Å². The number of aliphatic hydroxyl groups excluding tert-OH is 1. The van der Waals surface area contributed by atoms with E-state index in [1.165, 1.54) is 0 Å². The van der Waals surface area contributed by atoms with Gasteiger partial charge >= 0.3 is 0 Å². The Labute approximate surface area is 83.5 Å². The second-order valence-corrected chi connectivity index (χ2v) is 3.77. The maximum atomic E-state index is 9.91. The van der Waals surface area contributed by atoms with Gasteiger partial charge in [-0.1, -0.05) is 0 Å². The van der Waals surface area contributed by atoms with Gasteiger partial charge in [0, 0.05) is 26.3 Å². The van der Waals surface area contributed by atoms with E-state index in [9.17, 15) is 5.11 Å². The zero-order valence-electron chi connectivity index (χ0n) is 8.39. The second kappa shape index (κ2) is 4.11. The van der Waals surface area contributed by atoms with Crippen LogP contribution in [0.3, 0.4) is 0 Å². The Hall–Kier alpha value is -0.870. The minimum Gasteiger partial charge on any atom is -0.387 e. The predicted octanol–water partition coefficient (Wildman–Crippen LogP) is 1.02. The first-order chi connectivity index (χ1) is 6.77. The molecule has 0 saturated carbocycles. The molecule has 1 saturated heterocycles. The highest BCUT2D eigenvalue weighted by Gasteiger charge is 2.21. The Bertz CT molecular complexity index is 292. The van der Waals surface area contributed by atoms with E-state index in [1.807, 2.05) is 13.1 Å². The number of aliphatic hydroxyl groups is 1. The Morgan fingerprint density at radius 2 is 2.64 bits per heavy atom. The van der Waals surface area contributed by atoms with Crippen LogP contribution in [0.4, 0.5) is 0 Å². The van der Waals surface area contributed by atoms with Crippen LogP contribution in [0, 0.1) is 0 Å². The van der Waals surface area contributed by atoms with E-state index in [4.69, 9.17) is 4.74 Å². The van der Waals surface area contributed by atoms with E-state index < -0.39 is 6.10 Å². The molecule has 4 heteroatoms. The van der Waals surface area contributed by atoms with Crippen LogP contribution in [0.25, 0.3) is 0 Å². The van der Waals surface area contributed by atoms with Crippen molar-refractivity contribution < 1.29 is 9.84 Å². The summed E-state index contributed by atoms with van der Waals surface area (Å²) in [5.74, 6) is 0. The molecule has 0 amide bonds. The molecule has 4 nitrogen and oxygen atoms in total. The first-order valence-corrected chi connectivity index (χ1v) is 5.05. The molecule has 1 fully saturated rings. The minimum atomic E-state index is -0.453. The smallest absolute Gasteiger partial charge is 0.0981 e. The predicted molar refractivity (Wildman–Crippen MR) is 51.8 cm³/mol. The summed E-state index contributed by atoms with van der Waals surface area (Å²) in [7, 11) is 1.84. The minimum absolute atomic E-state index is 0.222. The Kier molecular flexibility index (Phi) is 2.84. The van der Waals surface area contributed by atoms with Gasteiger partial charge in [0.15, 0.2) is 0 Å². The van der Waals surface area contributed by atoms with Gasteiger partial charge in [0.25, 0.3) is 0 Å². The molecule has 14 heavy (non-hydrogen) atoms. The molecule has 1 aliphatic rings. The normalized spacial score (nSPS) is 24.0. The van der Waals surface area contributed by atoms with Gasteiger partial charge in [0.2, 0.25) is 0 Å². The van der Waals surface area contributed by atoms with Crippen LogP contribution in [0.1, 0.15) is 31.1 Å². The van der Waals surface area contributed by atoms with E-state index in [1.54, 1.807) is 10.9 Å². The average molecular weight is 196 g/mol. The quantitative estimate of drug-likeness (QED) is 0.785. The second-order valence-electron chi connectivity index (χ2n) is 3.77. The zero-order valence-corrected chi connectivity index (χ0v) is 8.39. The highest BCUT2D eigenvalue weighted by Crippen LogP contribution is 2.24. The lowest BCUT2D eigenvalue weighted by molar-refractivity contribution is 0.0505. The first kappa shape index (κ1) is 9.68. The zero-order chi connectivity index (χ0) is 9.97. The summed E-state index contributed by atoms with van der Waals surface area (Å²) in [4.78, 5) is 0. The lowest BCUT2D eigenvalue weighted by Crippen LogP contribution is -2.13. The van der Waals surface area contributed by atoms with Crippen LogP contribution < -0.4 is 0 Å². The van der Waals surface area contributed by atoms with Gasteiger partial charge in [-0.3, -0.25) is 4.68 Å². The number of nitrogens with zero attached hydrogens (tertiary/aromatic N) is 2. The number of aromatic nitrogens is 2. The Morgan fingerprint density at radius 1 is 1.79 bits per heavy atom. The van der Waals surface area contributed by atoms with Crippen molar-refractivity contribution >= 4 is 0 Å². The van der Waals surface area contributed by atoms with Crippen molar-refractivity contribution in [3.05, 3.63) is 18.0 Å². The molecule has 1 N–H and O–H groups in total. The Balaban J connectivity index is 1.95. The molecule has 2 rings (SSSR count). The highest BCUT2D eigenvalue weighted by atomic mass is 16.5. The number of hydrogen-bond donors (Lipinski definition) is 1. The molecular formula is C10H16N2O2. The van der Waals surface area contributed by atoms with Crippen molar-refractivity contribution in [1.29, 1.82) is 0 Å². The van der Waals surface area contributed by atoms with Crippen molar-refractivity contribution in [1.82, 2.24) is 9.78 Å². The van der Waals surface area contributed by atoms with E-state index in [0.29, 0.717) is 6.42 Å². The van der Waals surface area contributed by atoms with Gasteiger partial charge in [0.05, 0.1) is 17.9 Å². The topological polar surface area (TPSA) is 47.3 Å².